The summed E-state index contributed by atoms with van der Waals surface area (Å²) >= 11 is 0. The van der Waals surface area contributed by atoms with E-state index in [1.807, 2.05) is 24.3 Å². The number of esters is 1. The fraction of sp³-hybridized carbons (Fsp3) is 0.320. The Kier molecular flexibility index (Phi) is 6.73. The third kappa shape index (κ3) is 4.23. The van der Waals surface area contributed by atoms with Crippen molar-refractivity contribution < 1.29 is 39.1 Å². The number of hydrogen-bond acceptors (Lipinski definition) is 7. The molecule has 1 heterocycles. The number of aliphatic hydroxyl groups excluding tert-OH is 4. The molecule has 0 saturated carbocycles. The highest BCUT2D eigenvalue weighted by Crippen LogP contribution is 2.37. The van der Waals surface area contributed by atoms with Crippen LogP contribution in [0.4, 0.5) is 4.39 Å². The van der Waals surface area contributed by atoms with E-state index >= 15 is 4.39 Å². The molecule has 0 unspecified atom stereocenters. The van der Waals surface area contributed by atoms with E-state index in [4.69, 9.17) is 9.47 Å². The predicted octanol–water partition coefficient (Wildman–Crippen LogP) is 1.82. The van der Waals surface area contributed by atoms with Gasteiger partial charge in [0.15, 0.2) is 0 Å². The van der Waals surface area contributed by atoms with Gasteiger partial charge in [0.25, 0.3) is 0 Å². The predicted molar refractivity (Wildman–Crippen MR) is 116 cm³/mol. The Labute approximate surface area is 190 Å². The summed E-state index contributed by atoms with van der Waals surface area (Å²) in [5.74, 6) is -1.20. The molecule has 33 heavy (non-hydrogen) atoms. The molecule has 0 aromatic heterocycles. The summed E-state index contributed by atoms with van der Waals surface area (Å²) in [5.41, 5.74) is 2.64. The first kappa shape index (κ1) is 23.3. The van der Waals surface area contributed by atoms with Crippen molar-refractivity contribution in [3.63, 3.8) is 0 Å². The topological polar surface area (TPSA) is 116 Å². The number of aliphatic hydroxyl groups is 4. The summed E-state index contributed by atoms with van der Waals surface area (Å²) < 4.78 is 26.1. The number of rotatable bonds is 5. The lowest BCUT2D eigenvalue weighted by molar-refractivity contribution is -0.232. The maximum Gasteiger partial charge on any atom is 0.338 e. The van der Waals surface area contributed by atoms with Gasteiger partial charge in [-0.1, -0.05) is 48.5 Å². The number of hydrogen-bond donors (Lipinski definition) is 4. The number of carbonyl (C=O) groups is 1. The third-order valence-electron chi connectivity index (χ3n) is 6.07. The van der Waals surface area contributed by atoms with Crippen molar-refractivity contribution >= 4 is 5.97 Å². The van der Waals surface area contributed by atoms with Crippen LogP contribution in [0.5, 0.6) is 0 Å². The molecular formula is C25H25FO7. The van der Waals surface area contributed by atoms with Crippen LogP contribution < -0.4 is 0 Å². The van der Waals surface area contributed by atoms with Crippen molar-refractivity contribution in [2.45, 2.75) is 36.9 Å². The minimum absolute atomic E-state index is 0.0217. The van der Waals surface area contributed by atoms with E-state index < -0.39 is 48.9 Å². The zero-order valence-electron chi connectivity index (χ0n) is 17.9. The van der Waals surface area contributed by atoms with Gasteiger partial charge in [-0.2, -0.15) is 0 Å². The van der Waals surface area contributed by atoms with E-state index in [1.54, 1.807) is 24.3 Å². The molecule has 8 heteroatoms. The molecule has 1 saturated heterocycles. The van der Waals surface area contributed by atoms with Gasteiger partial charge in [0.05, 0.1) is 19.3 Å². The fourth-order valence-electron chi connectivity index (χ4n) is 4.35. The second-order valence-electron chi connectivity index (χ2n) is 8.06. The lowest BCUT2D eigenvalue weighted by atomic mass is 9.89. The standard InChI is InChI=1S/C25H25FO7/c1-32-25(31)19-15(10-13-6-3-2-4-8-16(13)19)11-14-7-5-9-17(20(14)26)24-23(30)22(29)21(28)18(12-27)33-24/h2-10,18,21-24,27-30H,11-12H2,1H3/t18-,21-,22+,23-,24+/m1/s1. The minimum atomic E-state index is -1.61. The van der Waals surface area contributed by atoms with Gasteiger partial charge in [0.1, 0.15) is 36.3 Å². The second-order valence-corrected chi connectivity index (χ2v) is 8.06. The highest BCUT2D eigenvalue weighted by atomic mass is 19.1. The third-order valence-corrected chi connectivity index (χ3v) is 6.07. The van der Waals surface area contributed by atoms with E-state index in [0.717, 1.165) is 5.56 Å². The van der Waals surface area contributed by atoms with Crippen LogP contribution in [0.3, 0.4) is 0 Å². The molecule has 3 aliphatic rings. The van der Waals surface area contributed by atoms with Crippen LogP contribution in [-0.2, 0) is 15.9 Å². The molecule has 4 N–H and O–H groups in total. The Morgan fingerprint density at radius 1 is 1.00 bits per heavy atom. The Balaban J connectivity index is 1.73. The molecule has 1 aromatic rings. The number of ether oxygens (including phenoxy) is 2. The molecule has 5 atom stereocenters. The van der Waals surface area contributed by atoms with Gasteiger partial charge in [0, 0.05) is 12.0 Å². The number of fused-ring (bicyclic) bond motifs is 1. The van der Waals surface area contributed by atoms with Gasteiger partial charge in [-0.15, -0.1) is 0 Å². The summed E-state index contributed by atoms with van der Waals surface area (Å²) in [6, 6.07) is 15.5. The zero-order chi connectivity index (χ0) is 23.7. The molecule has 2 aliphatic carbocycles. The lowest BCUT2D eigenvalue weighted by Gasteiger charge is -2.40. The summed E-state index contributed by atoms with van der Waals surface area (Å²) in [7, 11) is 1.29. The monoisotopic (exact) mass is 456 g/mol. The van der Waals surface area contributed by atoms with Crippen LogP contribution >= 0.6 is 0 Å². The highest BCUT2D eigenvalue weighted by molar-refractivity contribution is 6.01. The first-order valence-electron chi connectivity index (χ1n) is 10.5. The van der Waals surface area contributed by atoms with E-state index in [1.165, 1.54) is 13.2 Å². The molecule has 174 valence electrons. The quantitative estimate of drug-likeness (QED) is 0.433. The molecule has 1 aromatic carbocycles. The van der Waals surface area contributed by atoms with E-state index in [-0.39, 0.29) is 17.5 Å². The van der Waals surface area contributed by atoms with Gasteiger partial charge in [0.2, 0.25) is 0 Å². The van der Waals surface area contributed by atoms with Gasteiger partial charge in [-0.3, -0.25) is 0 Å². The second kappa shape index (κ2) is 9.54. The molecule has 4 rings (SSSR count). The first-order valence-corrected chi connectivity index (χ1v) is 10.5. The number of halogens is 1. The normalized spacial score (nSPS) is 25.2. The van der Waals surface area contributed by atoms with Gasteiger partial charge in [-0.25, -0.2) is 9.18 Å². The van der Waals surface area contributed by atoms with Crippen molar-refractivity contribution in [1.29, 1.82) is 0 Å². The van der Waals surface area contributed by atoms with Crippen LogP contribution in [0.2, 0.25) is 0 Å². The van der Waals surface area contributed by atoms with Crippen molar-refractivity contribution in [2.24, 2.45) is 0 Å². The molecule has 7 nitrogen and oxygen atoms in total. The fourth-order valence-corrected chi connectivity index (χ4v) is 4.35. The minimum Gasteiger partial charge on any atom is -0.465 e. The average Bonchev–Trinajstić information content (AvgIpc) is 2.99. The van der Waals surface area contributed by atoms with Crippen molar-refractivity contribution in [3.05, 3.63) is 82.7 Å². The van der Waals surface area contributed by atoms with Gasteiger partial charge >= 0.3 is 5.97 Å². The van der Waals surface area contributed by atoms with Crippen LogP contribution in [0, 0.1) is 5.82 Å². The van der Waals surface area contributed by atoms with Crippen LogP contribution in [0.25, 0.3) is 11.1 Å². The van der Waals surface area contributed by atoms with Crippen LogP contribution in [-0.4, -0.2) is 64.5 Å². The summed E-state index contributed by atoms with van der Waals surface area (Å²) in [6.45, 7) is -0.608. The maximum atomic E-state index is 15.6. The van der Waals surface area contributed by atoms with Crippen molar-refractivity contribution in [1.82, 2.24) is 0 Å². The first-order chi connectivity index (χ1) is 15.9. The van der Waals surface area contributed by atoms with Gasteiger partial charge < -0.3 is 29.9 Å². The number of methoxy groups -OCH3 is 1. The SMILES string of the molecule is COC(=O)c1c(Cc2cccc([C@@H]3O[C@H](CO)[C@@H](O)[C@H](O)[C@H]3O)c2F)cc2cccccc1-2. The maximum absolute atomic E-state index is 15.6. The Bertz CT molecular complexity index is 1120. The van der Waals surface area contributed by atoms with E-state index in [2.05, 4.69) is 0 Å². The molecule has 0 radical (unpaired) electrons. The summed E-state index contributed by atoms with van der Waals surface area (Å²) in [5, 5.41) is 39.9. The van der Waals surface area contributed by atoms with Crippen LogP contribution in [0.15, 0.2) is 54.6 Å². The van der Waals surface area contributed by atoms with Crippen LogP contribution in [0.1, 0.15) is 33.2 Å². The smallest absolute Gasteiger partial charge is 0.338 e. The van der Waals surface area contributed by atoms with Crippen molar-refractivity contribution in [3.8, 4) is 11.1 Å². The van der Waals surface area contributed by atoms with Gasteiger partial charge in [-0.05, 0) is 28.3 Å². The molecule has 0 spiro atoms. The molecule has 0 bridgehead atoms. The Morgan fingerprint density at radius 2 is 1.76 bits per heavy atom. The Morgan fingerprint density at radius 3 is 2.48 bits per heavy atom. The summed E-state index contributed by atoms with van der Waals surface area (Å²) in [6.07, 6.45) is -7.12. The van der Waals surface area contributed by atoms with E-state index in [9.17, 15) is 25.2 Å². The molecule has 1 fully saturated rings. The highest BCUT2D eigenvalue weighted by Gasteiger charge is 2.44. The Hall–Kier alpha value is -2.88. The molecular weight excluding hydrogens is 431 g/mol. The van der Waals surface area contributed by atoms with E-state index in [0.29, 0.717) is 16.7 Å². The zero-order valence-corrected chi connectivity index (χ0v) is 17.9. The molecule has 0 amide bonds. The summed E-state index contributed by atoms with van der Waals surface area (Å²) in [4.78, 5) is 12.5. The van der Waals surface area contributed by atoms with Crippen molar-refractivity contribution in [2.75, 3.05) is 13.7 Å². The number of benzene rings is 1. The number of carbonyl (C=O) groups excluding carboxylic acids is 1. The average molecular weight is 456 g/mol. The largest absolute Gasteiger partial charge is 0.465 e. The lowest BCUT2D eigenvalue weighted by Crippen LogP contribution is -2.55. The molecule has 1 aliphatic heterocycles.